The summed E-state index contributed by atoms with van der Waals surface area (Å²) in [5, 5.41) is 4.72. The summed E-state index contributed by atoms with van der Waals surface area (Å²) >= 11 is 0. The molecule has 0 spiro atoms. The van der Waals surface area contributed by atoms with Gasteiger partial charge in [-0.1, -0.05) is 66.7 Å². The molecule has 26 heavy (non-hydrogen) atoms. The Kier molecular flexibility index (Phi) is 4.80. The minimum atomic E-state index is -0.158. The van der Waals surface area contributed by atoms with E-state index in [9.17, 15) is 4.39 Å². The van der Waals surface area contributed by atoms with Crippen molar-refractivity contribution in [3.05, 3.63) is 108 Å². The zero-order valence-electron chi connectivity index (χ0n) is 14.5. The molecule has 4 aromatic rings. The number of para-hydroxylation sites is 1. The third-order valence-electron chi connectivity index (χ3n) is 4.66. The second kappa shape index (κ2) is 7.54. The van der Waals surface area contributed by atoms with Crippen LogP contribution in [0.5, 0.6) is 0 Å². The van der Waals surface area contributed by atoms with Crippen molar-refractivity contribution in [3.8, 4) is 0 Å². The Hall–Kier alpha value is -2.91. The summed E-state index contributed by atoms with van der Waals surface area (Å²) in [5.74, 6) is -0.158. The standard InChI is InChI=1S/C23H21FN2/c24-22-12-6-4-10-19(22)16-26-17-20(21-11-5-7-13-23(21)26)15-25-14-18-8-2-1-3-9-18/h1-13,17,25H,14-16H2. The van der Waals surface area contributed by atoms with Crippen LogP contribution in [0, 0.1) is 5.82 Å². The van der Waals surface area contributed by atoms with Gasteiger partial charge in [0.15, 0.2) is 0 Å². The minimum absolute atomic E-state index is 0.158. The lowest BCUT2D eigenvalue weighted by atomic mass is 10.1. The number of halogens is 1. The van der Waals surface area contributed by atoms with Gasteiger partial charge in [0.1, 0.15) is 5.82 Å². The highest BCUT2D eigenvalue weighted by atomic mass is 19.1. The molecule has 1 N–H and O–H groups in total. The van der Waals surface area contributed by atoms with Crippen LogP contribution in [0.1, 0.15) is 16.7 Å². The van der Waals surface area contributed by atoms with Crippen molar-refractivity contribution in [2.24, 2.45) is 0 Å². The number of aromatic nitrogens is 1. The first-order valence-corrected chi connectivity index (χ1v) is 8.86. The smallest absolute Gasteiger partial charge is 0.128 e. The van der Waals surface area contributed by atoms with Crippen LogP contribution >= 0.6 is 0 Å². The van der Waals surface area contributed by atoms with Gasteiger partial charge in [-0.15, -0.1) is 0 Å². The van der Waals surface area contributed by atoms with E-state index in [0.29, 0.717) is 12.1 Å². The first kappa shape index (κ1) is 16.6. The topological polar surface area (TPSA) is 17.0 Å². The van der Waals surface area contributed by atoms with Crippen LogP contribution in [0.3, 0.4) is 0 Å². The van der Waals surface area contributed by atoms with Crippen LogP contribution in [-0.2, 0) is 19.6 Å². The fourth-order valence-electron chi connectivity index (χ4n) is 3.34. The largest absolute Gasteiger partial charge is 0.343 e. The van der Waals surface area contributed by atoms with Crippen molar-refractivity contribution in [3.63, 3.8) is 0 Å². The molecule has 3 heteroatoms. The zero-order chi connectivity index (χ0) is 17.8. The first-order chi connectivity index (χ1) is 12.8. The Labute approximate surface area is 152 Å². The first-order valence-electron chi connectivity index (χ1n) is 8.86. The molecule has 0 aliphatic carbocycles. The summed E-state index contributed by atoms with van der Waals surface area (Å²) in [5.41, 5.74) is 4.33. The highest BCUT2D eigenvalue weighted by molar-refractivity contribution is 5.84. The van der Waals surface area contributed by atoms with Gasteiger partial charge in [-0.2, -0.15) is 0 Å². The van der Waals surface area contributed by atoms with Gasteiger partial charge < -0.3 is 9.88 Å². The lowest BCUT2D eigenvalue weighted by molar-refractivity contribution is 0.601. The molecule has 2 nitrogen and oxygen atoms in total. The number of rotatable bonds is 6. The number of fused-ring (bicyclic) bond motifs is 1. The molecule has 3 aromatic carbocycles. The highest BCUT2D eigenvalue weighted by Gasteiger charge is 2.10. The Morgan fingerprint density at radius 1 is 0.731 bits per heavy atom. The van der Waals surface area contributed by atoms with E-state index in [2.05, 4.69) is 58.5 Å². The fourth-order valence-corrected chi connectivity index (χ4v) is 3.34. The molecule has 0 atom stereocenters. The van der Waals surface area contributed by atoms with Crippen LogP contribution in [0.25, 0.3) is 10.9 Å². The van der Waals surface area contributed by atoms with Crippen molar-refractivity contribution in [2.45, 2.75) is 19.6 Å². The summed E-state index contributed by atoms with van der Waals surface area (Å²) in [4.78, 5) is 0. The van der Waals surface area contributed by atoms with Gasteiger partial charge in [0.25, 0.3) is 0 Å². The maximum atomic E-state index is 14.0. The van der Waals surface area contributed by atoms with E-state index in [1.165, 1.54) is 22.6 Å². The summed E-state index contributed by atoms with van der Waals surface area (Å²) in [6.07, 6.45) is 2.13. The fraction of sp³-hybridized carbons (Fsp3) is 0.130. The van der Waals surface area contributed by atoms with Gasteiger partial charge in [-0.05, 0) is 23.3 Å². The number of nitrogens with zero attached hydrogens (tertiary/aromatic N) is 1. The molecule has 0 fully saturated rings. The monoisotopic (exact) mass is 344 g/mol. The van der Waals surface area contributed by atoms with Crippen molar-refractivity contribution in [2.75, 3.05) is 0 Å². The Bertz CT molecular complexity index is 1010. The average Bonchev–Trinajstić information content (AvgIpc) is 3.02. The van der Waals surface area contributed by atoms with Crippen molar-refractivity contribution < 1.29 is 4.39 Å². The molecule has 0 bridgehead atoms. The van der Waals surface area contributed by atoms with Gasteiger partial charge in [-0.3, -0.25) is 0 Å². The zero-order valence-corrected chi connectivity index (χ0v) is 14.5. The van der Waals surface area contributed by atoms with Crippen LogP contribution < -0.4 is 5.32 Å². The summed E-state index contributed by atoms with van der Waals surface area (Å²) in [7, 11) is 0. The van der Waals surface area contributed by atoms with Gasteiger partial charge in [0.2, 0.25) is 0 Å². The van der Waals surface area contributed by atoms with Crippen molar-refractivity contribution in [1.29, 1.82) is 0 Å². The Morgan fingerprint density at radius 3 is 2.31 bits per heavy atom. The lowest BCUT2D eigenvalue weighted by Crippen LogP contribution is -2.12. The van der Waals surface area contributed by atoms with E-state index in [1.54, 1.807) is 6.07 Å². The minimum Gasteiger partial charge on any atom is -0.343 e. The quantitative estimate of drug-likeness (QED) is 0.514. The predicted octanol–water partition coefficient (Wildman–Crippen LogP) is 5.12. The average molecular weight is 344 g/mol. The van der Waals surface area contributed by atoms with Crippen LogP contribution in [0.4, 0.5) is 4.39 Å². The second-order valence-corrected chi connectivity index (χ2v) is 6.48. The van der Waals surface area contributed by atoms with Gasteiger partial charge in [0, 0.05) is 35.8 Å². The third-order valence-corrected chi connectivity index (χ3v) is 4.66. The van der Waals surface area contributed by atoms with Crippen molar-refractivity contribution >= 4 is 10.9 Å². The summed E-state index contributed by atoms with van der Waals surface area (Å²) < 4.78 is 16.2. The normalized spacial score (nSPS) is 11.1. The molecule has 130 valence electrons. The SMILES string of the molecule is Fc1ccccc1Cn1cc(CNCc2ccccc2)c2ccccc21. The Morgan fingerprint density at radius 2 is 1.46 bits per heavy atom. The number of benzene rings is 3. The lowest BCUT2D eigenvalue weighted by Gasteiger charge is -2.06. The third kappa shape index (κ3) is 3.53. The maximum Gasteiger partial charge on any atom is 0.128 e. The molecule has 0 aliphatic rings. The summed E-state index contributed by atoms with van der Waals surface area (Å²) in [6, 6.07) is 25.7. The molecule has 4 rings (SSSR count). The van der Waals surface area contributed by atoms with E-state index in [4.69, 9.17) is 0 Å². The second-order valence-electron chi connectivity index (χ2n) is 6.48. The van der Waals surface area contributed by atoms with Crippen LogP contribution in [0.15, 0.2) is 85.1 Å². The molecule has 1 aromatic heterocycles. The molecule has 0 unspecified atom stereocenters. The van der Waals surface area contributed by atoms with Crippen molar-refractivity contribution in [1.82, 2.24) is 9.88 Å². The molecule has 0 saturated heterocycles. The van der Waals surface area contributed by atoms with Gasteiger partial charge >= 0.3 is 0 Å². The van der Waals surface area contributed by atoms with Gasteiger partial charge in [-0.25, -0.2) is 4.39 Å². The van der Waals surface area contributed by atoms with Crippen LogP contribution in [0.2, 0.25) is 0 Å². The molecule has 0 saturated carbocycles. The van der Waals surface area contributed by atoms with E-state index < -0.39 is 0 Å². The predicted molar refractivity (Wildman–Crippen MR) is 104 cm³/mol. The number of hydrogen-bond donors (Lipinski definition) is 1. The van der Waals surface area contributed by atoms with Crippen LogP contribution in [-0.4, -0.2) is 4.57 Å². The molecule has 0 amide bonds. The van der Waals surface area contributed by atoms with E-state index in [0.717, 1.165) is 18.6 Å². The molecule has 0 aliphatic heterocycles. The number of nitrogens with one attached hydrogen (secondary N) is 1. The van der Waals surface area contributed by atoms with E-state index >= 15 is 0 Å². The highest BCUT2D eigenvalue weighted by Crippen LogP contribution is 2.23. The molecular weight excluding hydrogens is 323 g/mol. The molecular formula is C23H21FN2. The molecule has 1 heterocycles. The van der Waals surface area contributed by atoms with E-state index in [1.807, 2.05) is 24.3 Å². The molecule has 0 radical (unpaired) electrons. The van der Waals surface area contributed by atoms with E-state index in [-0.39, 0.29) is 5.82 Å². The maximum absolute atomic E-state index is 14.0. The Balaban J connectivity index is 1.57. The summed E-state index contributed by atoms with van der Waals surface area (Å²) in [6.45, 7) is 2.14. The van der Waals surface area contributed by atoms with Gasteiger partial charge in [0.05, 0.1) is 6.54 Å². The number of hydrogen-bond acceptors (Lipinski definition) is 1.